The van der Waals surface area contributed by atoms with Crippen molar-refractivity contribution in [1.29, 1.82) is 0 Å². The maximum atomic E-state index is 13.1. The number of non-ortho nitro benzene ring substituents is 1. The molecule has 36 heavy (non-hydrogen) atoms. The molecular weight excluding hydrogens is 488 g/mol. The third-order valence-corrected chi connectivity index (χ3v) is 5.76. The van der Waals surface area contributed by atoms with Crippen LogP contribution >= 0.6 is 12.2 Å². The predicted octanol–water partition coefficient (Wildman–Crippen LogP) is 3.32. The van der Waals surface area contributed by atoms with Crippen LogP contribution in [0.1, 0.15) is 16.1 Å². The Bertz CT molecular complexity index is 1290. The van der Waals surface area contributed by atoms with Crippen LogP contribution in [0.5, 0.6) is 5.75 Å². The third-order valence-electron chi connectivity index (χ3n) is 5.55. The topological polar surface area (TPSA) is 139 Å². The molecule has 3 aromatic rings. The normalized spacial score (nSPS) is 13.2. The molecule has 1 aliphatic heterocycles. The van der Waals surface area contributed by atoms with E-state index in [0.29, 0.717) is 60.5 Å². The van der Waals surface area contributed by atoms with Crippen molar-refractivity contribution in [1.82, 2.24) is 5.32 Å². The highest BCUT2D eigenvalue weighted by molar-refractivity contribution is 7.80. The number of aliphatic hydroxyl groups is 1. The molecule has 2 heterocycles. The largest absolute Gasteiger partial charge is 0.496 e. The van der Waals surface area contributed by atoms with E-state index in [4.69, 9.17) is 26.1 Å². The maximum absolute atomic E-state index is 13.1. The molecule has 1 amide bonds. The number of hydrogen-bond donors (Lipinski definition) is 3. The molecule has 1 fully saturated rings. The second-order valence-corrected chi connectivity index (χ2v) is 8.21. The summed E-state index contributed by atoms with van der Waals surface area (Å²) in [6, 6.07) is 12.7. The summed E-state index contributed by atoms with van der Waals surface area (Å²) in [5, 5.41) is 26.2. The smallest absolute Gasteiger partial charge is 0.270 e. The summed E-state index contributed by atoms with van der Waals surface area (Å²) in [4.78, 5) is 25.8. The molecule has 0 bridgehead atoms. The quantitative estimate of drug-likeness (QED) is 0.245. The fourth-order valence-corrected chi connectivity index (χ4v) is 4.03. The van der Waals surface area contributed by atoms with Crippen LogP contribution in [-0.2, 0) is 11.3 Å². The van der Waals surface area contributed by atoms with Gasteiger partial charge in [0.05, 0.1) is 42.1 Å². The second-order valence-electron chi connectivity index (χ2n) is 7.81. The minimum absolute atomic E-state index is 0.00559. The van der Waals surface area contributed by atoms with Gasteiger partial charge in [0.15, 0.2) is 5.11 Å². The van der Waals surface area contributed by atoms with Gasteiger partial charge in [-0.15, -0.1) is 0 Å². The lowest BCUT2D eigenvalue weighted by atomic mass is 10.1. The van der Waals surface area contributed by atoms with Gasteiger partial charge in [0.1, 0.15) is 23.9 Å². The molecule has 188 valence electrons. The van der Waals surface area contributed by atoms with Crippen molar-refractivity contribution in [3.05, 3.63) is 70.0 Å². The van der Waals surface area contributed by atoms with E-state index in [1.165, 1.54) is 19.2 Å². The number of carbonyl (C=O) groups is 1. The van der Waals surface area contributed by atoms with Gasteiger partial charge in [0, 0.05) is 30.9 Å². The first-order valence-electron chi connectivity index (χ1n) is 11.0. The van der Waals surface area contributed by atoms with Crippen LogP contribution in [0, 0.1) is 10.1 Å². The lowest BCUT2D eigenvalue weighted by molar-refractivity contribution is -0.384. The van der Waals surface area contributed by atoms with Crippen LogP contribution in [0.25, 0.3) is 11.3 Å². The van der Waals surface area contributed by atoms with Crippen LogP contribution in [0.15, 0.2) is 52.9 Å². The van der Waals surface area contributed by atoms with E-state index >= 15 is 0 Å². The number of furan rings is 1. The summed E-state index contributed by atoms with van der Waals surface area (Å²) in [5.74, 6) is 0.855. The molecule has 0 aliphatic carbocycles. The average molecular weight is 513 g/mol. The molecule has 0 unspecified atom stereocenters. The summed E-state index contributed by atoms with van der Waals surface area (Å²) in [7, 11) is 1.53. The molecule has 0 radical (unpaired) electrons. The first-order valence-corrected chi connectivity index (χ1v) is 11.4. The highest BCUT2D eigenvalue weighted by Gasteiger charge is 2.23. The van der Waals surface area contributed by atoms with Crippen molar-refractivity contribution >= 4 is 40.3 Å². The number of methoxy groups -OCH3 is 1. The van der Waals surface area contributed by atoms with Gasteiger partial charge in [0.25, 0.3) is 11.6 Å². The number of rotatable bonds is 7. The Morgan fingerprint density at radius 3 is 2.64 bits per heavy atom. The number of ether oxygens (including phenoxy) is 2. The second kappa shape index (κ2) is 11.2. The number of nitro groups is 1. The Morgan fingerprint density at radius 2 is 1.97 bits per heavy atom. The molecule has 0 spiro atoms. The minimum Gasteiger partial charge on any atom is -0.496 e. The SMILES string of the molecule is COc1ccc(NC(=S)NC(=O)c2cc([N+](=O)[O-])ccc2N2CCOCC2)cc1-c1ccc(CO)o1. The monoisotopic (exact) mass is 512 g/mol. The maximum Gasteiger partial charge on any atom is 0.270 e. The average Bonchev–Trinajstić information content (AvgIpc) is 3.38. The summed E-state index contributed by atoms with van der Waals surface area (Å²) < 4.78 is 16.4. The van der Waals surface area contributed by atoms with E-state index in [0.717, 1.165) is 0 Å². The summed E-state index contributed by atoms with van der Waals surface area (Å²) in [6.45, 7) is 1.86. The van der Waals surface area contributed by atoms with E-state index in [-0.39, 0.29) is 23.0 Å². The number of nitro benzene ring substituents is 1. The van der Waals surface area contributed by atoms with E-state index in [2.05, 4.69) is 10.6 Å². The van der Waals surface area contributed by atoms with Gasteiger partial charge < -0.3 is 29.2 Å². The fraction of sp³-hybridized carbons (Fsp3) is 0.250. The van der Waals surface area contributed by atoms with Gasteiger partial charge >= 0.3 is 0 Å². The number of nitrogens with one attached hydrogen (secondary N) is 2. The predicted molar refractivity (Wildman–Crippen MR) is 136 cm³/mol. The molecule has 11 nitrogen and oxygen atoms in total. The zero-order chi connectivity index (χ0) is 25.7. The molecule has 12 heteroatoms. The molecule has 4 rings (SSSR count). The van der Waals surface area contributed by atoms with Crippen molar-refractivity contribution < 1.29 is 28.7 Å². The van der Waals surface area contributed by atoms with Gasteiger partial charge in [-0.25, -0.2) is 0 Å². The number of thiocarbonyl (C=S) groups is 1. The summed E-state index contributed by atoms with van der Waals surface area (Å²) in [6.07, 6.45) is 0. The summed E-state index contributed by atoms with van der Waals surface area (Å²) >= 11 is 5.34. The highest BCUT2D eigenvalue weighted by Crippen LogP contribution is 2.34. The standard InChI is InChI=1S/C24H24N4O7S/c1-33-21-6-2-15(12-19(21)22-7-4-17(14-29)35-22)25-24(36)26-23(30)18-13-16(28(31)32)3-5-20(18)27-8-10-34-11-9-27/h2-7,12-13,29H,8-11,14H2,1H3,(H2,25,26,30,36). The molecule has 1 aliphatic rings. The van der Waals surface area contributed by atoms with E-state index in [1.54, 1.807) is 36.4 Å². The Balaban J connectivity index is 1.54. The van der Waals surface area contributed by atoms with Crippen molar-refractivity contribution in [3.8, 4) is 17.1 Å². The minimum atomic E-state index is -0.579. The number of morpholine rings is 1. The van der Waals surface area contributed by atoms with Crippen LogP contribution < -0.4 is 20.3 Å². The zero-order valence-electron chi connectivity index (χ0n) is 19.4. The number of nitrogens with zero attached hydrogens (tertiary/aromatic N) is 2. The lowest BCUT2D eigenvalue weighted by Crippen LogP contribution is -2.39. The molecule has 1 aromatic heterocycles. The number of amides is 1. The van der Waals surface area contributed by atoms with Crippen molar-refractivity contribution in [3.63, 3.8) is 0 Å². The molecule has 2 aromatic carbocycles. The lowest BCUT2D eigenvalue weighted by Gasteiger charge is -2.30. The molecule has 1 saturated heterocycles. The first kappa shape index (κ1) is 25.1. The molecule has 0 saturated carbocycles. The number of benzene rings is 2. The van der Waals surface area contributed by atoms with E-state index in [9.17, 15) is 20.0 Å². The number of anilines is 2. The van der Waals surface area contributed by atoms with E-state index < -0.39 is 10.8 Å². The number of aliphatic hydroxyl groups excluding tert-OH is 1. The van der Waals surface area contributed by atoms with Crippen molar-refractivity contribution in [2.75, 3.05) is 43.6 Å². The molecule has 0 atom stereocenters. The van der Waals surface area contributed by atoms with Gasteiger partial charge in [-0.3, -0.25) is 20.2 Å². The number of hydrogen-bond acceptors (Lipinski definition) is 9. The van der Waals surface area contributed by atoms with Gasteiger partial charge in [-0.2, -0.15) is 0 Å². The summed E-state index contributed by atoms with van der Waals surface area (Å²) in [5.41, 5.74) is 1.66. The first-order chi connectivity index (χ1) is 17.4. The third kappa shape index (κ3) is 5.62. The van der Waals surface area contributed by atoms with Crippen molar-refractivity contribution in [2.45, 2.75) is 6.61 Å². The zero-order valence-corrected chi connectivity index (χ0v) is 20.2. The fourth-order valence-electron chi connectivity index (χ4n) is 3.82. The van der Waals surface area contributed by atoms with Crippen LogP contribution in [0.4, 0.5) is 17.1 Å². The highest BCUT2D eigenvalue weighted by atomic mass is 32.1. The van der Waals surface area contributed by atoms with Gasteiger partial charge in [-0.1, -0.05) is 0 Å². The molecule has 3 N–H and O–H groups in total. The van der Waals surface area contributed by atoms with Crippen LogP contribution in [0.3, 0.4) is 0 Å². The Labute approximate surface area is 211 Å². The Morgan fingerprint density at radius 1 is 1.19 bits per heavy atom. The van der Waals surface area contributed by atoms with Crippen molar-refractivity contribution in [2.24, 2.45) is 0 Å². The number of carbonyl (C=O) groups excluding carboxylic acids is 1. The van der Waals surface area contributed by atoms with E-state index in [1.807, 2.05) is 4.90 Å². The molecular formula is C24H24N4O7S. The van der Waals surface area contributed by atoms with Crippen LogP contribution in [0.2, 0.25) is 0 Å². The van der Waals surface area contributed by atoms with Crippen LogP contribution in [-0.4, -0.2) is 54.5 Å². The Kier molecular flexibility index (Phi) is 7.78. The Hall–Kier alpha value is -4.00. The van der Waals surface area contributed by atoms with Gasteiger partial charge in [-0.05, 0) is 48.6 Å². The van der Waals surface area contributed by atoms with Gasteiger partial charge in [0.2, 0.25) is 0 Å².